The van der Waals surface area contributed by atoms with E-state index in [4.69, 9.17) is 10.2 Å². The minimum Gasteiger partial charge on any atom is -0.508 e. The number of pyridine rings is 4. The van der Waals surface area contributed by atoms with Crippen LogP contribution in [0, 0.1) is 0 Å². The van der Waals surface area contributed by atoms with Gasteiger partial charge < -0.3 is 9.29 Å². The number of phenols is 1. The van der Waals surface area contributed by atoms with E-state index in [1.165, 1.54) is 63.1 Å². The number of hydrogen-bond donors (Lipinski definition) is 2. The average Bonchev–Trinajstić information content (AvgIpc) is 4.11. The molecule has 16 heteroatoms. The maximum absolute atomic E-state index is 12.1. The summed E-state index contributed by atoms with van der Waals surface area (Å²) >= 11 is 0. The number of nitrogens with one attached hydrogen (secondary N) is 1. The smallest absolute Gasteiger partial charge is 0.508 e. The summed E-state index contributed by atoms with van der Waals surface area (Å²) in [5, 5.41) is 31.6. The third-order valence-corrected chi connectivity index (χ3v) is 14.6. The van der Waals surface area contributed by atoms with Crippen molar-refractivity contribution in [2.75, 3.05) is 0 Å². The second-order valence-corrected chi connectivity index (χ2v) is 20.8. The molecule has 6 heterocycles. The van der Waals surface area contributed by atoms with Crippen LogP contribution in [0.4, 0.5) is 13.2 Å². The molecule has 0 spiro atoms. The van der Waals surface area contributed by atoms with Gasteiger partial charge in [0.25, 0.3) is 0 Å². The van der Waals surface area contributed by atoms with Crippen LogP contribution in [0.1, 0.15) is 22.5 Å². The first kappa shape index (κ1) is 55.1. The van der Waals surface area contributed by atoms with Gasteiger partial charge in [-0.15, -0.1) is 0 Å². The molecule has 412 valence electrons. The van der Waals surface area contributed by atoms with Crippen LogP contribution in [-0.2, 0) is 17.2 Å². The number of H-pyrrole nitrogens is 1. The summed E-state index contributed by atoms with van der Waals surface area (Å²) in [6.45, 7) is 0. The number of rotatable bonds is 8. The molecule has 0 radical (unpaired) electrons. The number of aromatic amines is 1. The predicted octanol–water partition coefficient (Wildman–Crippen LogP) is 16.3. The molecule has 0 aliphatic heterocycles. The largest absolute Gasteiger partial charge is 0.534 e. The Labute approximate surface area is 480 Å². The summed E-state index contributed by atoms with van der Waals surface area (Å²) in [6, 6.07) is 63.1. The Morgan fingerprint density at radius 1 is 0.476 bits per heavy atom. The maximum atomic E-state index is 12.1. The molecule has 2 N–H and O–H groups in total. The number of aromatic nitrogens is 8. The minimum absolute atomic E-state index is 0.283. The van der Waals surface area contributed by atoms with Gasteiger partial charge in [0.2, 0.25) is 0 Å². The zero-order chi connectivity index (χ0) is 58.0. The number of halogens is 3. The number of benzene rings is 8. The Morgan fingerprint density at radius 2 is 0.929 bits per heavy atom. The van der Waals surface area contributed by atoms with Crippen LogP contribution in [-0.4, -0.2) is 58.9 Å². The topological polar surface area (TPSA) is 162 Å². The molecule has 84 heavy (non-hydrogen) atoms. The molecule has 0 unspecified atom stereocenters. The highest BCUT2D eigenvalue weighted by atomic mass is 32.2. The van der Waals surface area contributed by atoms with Gasteiger partial charge in [0.15, 0.2) is 0 Å². The summed E-state index contributed by atoms with van der Waals surface area (Å²) in [5.41, 5.74) is 5.67. The van der Waals surface area contributed by atoms with Crippen molar-refractivity contribution in [1.82, 2.24) is 39.9 Å². The SMILES string of the molecule is C(=C\c1n[nH]c2ccc(-c3ccc4ccncc4c3)cc12)/c1ccccc1.Cn1nc(/C=C/c2ccccc2)c2cc(-c3ccc4ccncc4c3)ccc21.O=S(=O)(Oc1ccc2ccncc2c1)C(F)(F)F.Oc1ccc2ccncc2c1. The van der Waals surface area contributed by atoms with Crippen molar-refractivity contribution >= 4 is 99.3 Å². The zero-order valence-corrected chi connectivity index (χ0v) is 45.6. The van der Waals surface area contributed by atoms with Gasteiger partial charge in [0.05, 0.1) is 22.4 Å². The molecule has 0 atom stereocenters. The number of alkyl halides is 3. The van der Waals surface area contributed by atoms with E-state index >= 15 is 0 Å². The first-order chi connectivity index (χ1) is 40.8. The quantitative estimate of drug-likeness (QED) is 0.111. The summed E-state index contributed by atoms with van der Waals surface area (Å²) in [6.07, 6.45) is 22.2. The summed E-state index contributed by atoms with van der Waals surface area (Å²) in [5.74, 6) is -0.127. The number of hydrogen-bond acceptors (Lipinski definition) is 10. The molecular weight excluding hydrogens is 1080 g/mol. The van der Waals surface area contributed by atoms with E-state index in [9.17, 15) is 21.6 Å². The molecule has 14 rings (SSSR count). The fraction of sp³-hybridized carbons (Fsp3) is 0.0294. The average molecular weight is 1130 g/mol. The van der Waals surface area contributed by atoms with Crippen LogP contribution >= 0.6 is 0 Å². The normalized spacial score (nSPS) is 11.6. The van der Waals surface area contributed by atoms with Gasteiger partial charge in [0.1, 0.15) is 11.5 Å². The van der Waals surface area contributed by atoms with Gasteiger partial charge >= 0.3 is 15.6 Å². The van der Waals surface area contributed by atoms with Crippen LogP contribution in [0.5, 0.6) is 11.5 Å². The lowest BCUT2D eigenvalue weighted by Gasteiger charge is -2.09. The Morgan fingerprint density at radius 3 is 1.48 bits per heavy atom. The van der Waals surface area contributed by atoms with Crippen molar-refractivity contribution < 1.29 is 30.9 Å². The van der Waals surface area contributed by atoms with Crippen LogP contribution in [0.3, 0.4) is 0 Å². The van der Waals surface area contributed by atoms with Crippen LogP contribution in [0.25, 0.3) is 111 Å². The van der Waals surface area contributed by atoms with Gasteiger partial charge in [0, 0.05) is 88.9 Å². The van der Waals surface area contributed by atoms with Gasteiger partial charge in [-0.05, 0) is 152 Å². The molecule has 0 amide bonds. The van der Waals surface area contributed by atoms with Crippen molar-refractivity contribution in [3.05, 3.63) is 266 Å². The van der Waals surface area contributed by atoms with E-state index in [0.717, 1.165) is 66.4 Å². The molecule has 0 bridgehead atoms. The fourth-order valence-corrected chi connectivity index (χ4v) is 9.76. The second-order valence-electron chi connectivity index (χ2n) is 19.2. The van der Waals surface area contributed by atoms with E-state index in [2.05, 4.69) is 156 Å². The first-order valence-electron chi connectivity index (χ1n) is 26.3. The molecule has 6 aromatic heterocycles. The van der Waals surface area contributed by atoms with Crippen molar-refractivity contribution in [2.24, 2.45) is 7.05 Å². The lowest BCUT2D eigenvalue weighted by molar-refractivity contribution is -0.0500. The highest BCUT2D eigenvalue weighted by molar-refractivity contribution is 7.88. The van der Waals surface area contributed by atoms with Crippen molar-refractivity contribution in [3.8, 4) is 33.8 Å². The van der Waals surface area contributed by atoms with E-state index in [0.29, 0.717) is 10.8 Å². The molecule has 0 saturated carbocycles. The third-order valence-electron chi connectivity index (χ3n) is 13.6. The lowest BCUT2D eigenvalue weighted by atomic mass is 10.0. The maximum Gasteiger partial charge on any atom is 0.534 e. The van der Waals surface area contributed by atoms with Crippen LogP contribution in [0.15, 0.2) is 244 Å². The highest BCUT2D eigenvalue weighted by Crippen LogP contribution is 2.32. The molecule has 12 nitrogen and oxygen atoms in total. The highest BCUT2D eigenvalue weighted by Gasteiger charge is 2.48. The van der Waals surface area contributed by atoms with E-state index in [-0.39, 0.29) is 5.75 Å². The zero-order valence-electron chi connectivity index (χ0n) is 44.7. The number of fused-ring (bicyclic) bond motifs is 6. The number of aromatic hydroxyl groups is 1. The Balaban J connectivity index is 0.000000123. The molecule has 0 aliphatic carbocycles. The molecule has 0 saturated heterocycles. The summed E-state index contributed by atoms with van der Waals surface area (Å²) < 4.78 is 63.8. The number of phenolic OH excluding ortho intramolecular Hbond substituents is 1. The lowest BCUT2D eigenvalue weighted by Crippen LogP contribution is -2.28. The van der Waals surface area contributed by atoms with Crippen LogP contribution < -0.4 is 4.18 Å². The Kier molecular flexibility index (Phi) is 16.1. The number of aryl methyl sites for hydroxylation is 1. The molecule has 0 aliphatic rings. The van der Waals surface area contributed by atoms with E-state index < -0.39 is 21.4 Å². The second kappa shape index (κ2) is 24.5. The number of nitrogens with zero attached hydrogens (tertiary/aromatic N) is 7. The van der Waals surface area contributed by atoms with Crippen molar-refractivity contribution in [3.63, 3.8) is 0 Å². The first-order valence-corrected chi connectivity index (χ1v) is 27.7. The molecular formula is C68H49F3N8O4S. The Hall–Kier alpha value is -10.8. The van der Waals surface area contributed by atoms with E-state index in [1.807, 2.05) is 97.2 Å². The third kappa shape index (κ3) is 13.0. The van der Waals surface area contributed by atoms with Crippen LogP contribution in [0.2, 0.25) is 0 Å². The Bertz CT molecular complexity index is 4820. The predicted molar refractivity (Wildman–Crippen MR) is 330 cm³/mol. The van der Waals surface area contributed by atoms with Crippen molar-refractivity contribution in [1.29, 1.82) is 0 Å². The molecule has 0 fully saturated rings. The standard InChI is InChI=1S/C25H19N3.C24H17N3.C10H6F3NO3S.C9H7NO/c1-28-25-12-10-21(20-9-8-19-13-14-26-17-22(19)15-20)16-23(25)24(27-28)11-7-18-5-3-2-4-6-18;1-2-4-17(5-3-1)6-10-23-22-15-20(9-11-24(22)27-26-23)19-8-7-18-12-13-25-16-21(18)14-19;11-10(12,13)18(15,16)17-9-2-1-7-3-4-14-6-8(7)5-9;11-9-2-1-7-3-4-10-6-8(7)5-9/h2-17H,1H3;1-16H,(H,26,27);1-6H;1-6,11H/b11-7+;10-6+;;. The summed E-state index contributed by atoms with van der Waals surface area (Å²) in [4.78, 5) is 16.2. The summed E-state index contributed by atoms with van der Waals surface area (Å²) in [7, 11) is -3.65. The minimum atomic E-state index is -5.64. The molecule has 14 aromatic rings. The van der Waals surface area contributed by atoms with E-state index in [1.54, 1.807) is 30.6 Å². The fourth-order valence-electron chi connectivity index (χ4n) is 9.31. The van der Waals surface area contributed by atoms with Gasteiger partial charge in [-0.2, -0.15) is 31.8 Å². The van der Waals surface area contributed by atoms with Gasteiger partial charge in [-0.1, -0.05) is 121 Å². The van der Waals surface area contributed by atoms with Crippen molar-refractivity contribution in [2.45, 2.75) is 5.51 Å². The monoisotopic (exact) mass is 1130 g/mol. The molecule has 8 aromatic carbocycles. The van der Waals surface area contributed by atoms with Gasteiger partial charge in [-0.25, -0.2) is 0 Å². The van der Waals surface area contributed by atoms with Gasteiger partial charge in [-0.3, -0.25) is 29.7 Å².